The van der Waals surface area contributed by atoms with E-state index in [9.17, 15) is 14.7 Å². The van der Waals surface area contributed by atoms with Crippen molar-refractivity contribution in [1.29, 1.82) is 0 Å². The van der Waals surface area contributed by atoms with Gasteiger partial charge in [-0.15, -0.1) is 0 Å². The molecule has 2 amide bonds. The van der Waals surface area contributed by atoms with E-state index in [2.05, 4.69) is 10.6 Å². The van der Waals surface area contributed by atoms with Crippen molar-refractivity contribution in [1.82, 2.24) is 5.32 Å². The lowest BCUT2D eigenvalue weighted by Gasteiger charge is -2.25. The maximum atomic E-state index is 12.2. The Morgan fingerprint density at radius 1 is 1.30 bits per heavy atom. The summed E-state index contributed by atoms with van der Waals surface area (Å²) >= 11 is 0. The number of nitrogens with one attached hydrogen (secondary N) is 2. The lowest BCUT2D eigenvalue weighted by Crippen LogP contribution is -2.44. The Balaban J connectivity index is 1.73. The van der Waals surface area contributed by atoms with E-state index >= 15 is 0 Å². The maximum absolute atomic E-state index is 12.2. The zero-order valence-electron chi connectivity index (χ0n) is 10.9. The van der Waals surface area contributed by atoms with E-state index in [1.54, 1.807) is 18.2 Å². The van der Waals surface area contributed by atoms with Gasteiger partial charge >= 0.3 is 0 Å². The summed E-state index contributed by atoms with van der Waals surface area (Å²) in [6.45, 7) is 0. The zero-order chi connectivity index (χ0) is 14.1. The van der Waals surface area contributed by atoms with Gasteiger partial charge in [-0.25, -0.2) is 0 Å². The third kappa shape index (κ3) is 2.44. The van der Waals surface area contributed by atoms with Crippen molar-refractivity contribution in [3.63, 3.8) is 0 Å². The topological polar surface area (TPSA) is 78.4 Å². The number of hydrogen-bond donors (Lipinski definition) is 3. The minimum Gasteiger partial charge on any atom is -0.391 e. The van der Waals surface area contributed by atoms with Gasteiger partial charge < -0.3 is 15.7 Å². The van der Waals surface area contributed by atoms with Gasteiger partial charge in [-0.05, 0) is 36.6 Å². The molecule has 0 fully saturated rings. The molecular formula is C15H16N2O3. The predicted molar refractivity (Wildman–Crippen MR) is 74.4 cm³/mol. The third-order valence-corrected chi connectivity index (χ3v) is 3.71. The second-order valence-electron chi connectivity index (χ2n) is 5.19. The Kier molecular flexibility index (Phi) is 3.28. The van der Waals surface area contributed by atoms with Crippen LogP contribution in [0.2, 0.25) is 0 Å². The average Bonchev–Trinajstić information content (AvgIpc) is 2.80. The van der Waals surface area contributed by atoms with Crippen molar-refractivity contribution >= 4 is 17.5 Å². The average molecular weight is 272 g/mol. The first-order valence-electron chi connectivity index (χ1n) is 6.70. The highest BCUT2D eigenvalue weighted by Crippen LogP contribution is 2.24. The molecule has 1 aliphatic heterocycles. The van der Waals surface area contributed by atoms with Crippen molar-refractivity contribution in [3.05, 3.63) is 41.5 Å². The van der Waals surface area contributed by atoms with E-state index in [1.165, 1.54) is 0 Å². The van der Waals surface area contributed by atoms with Crippen LogP contribution in [-0.4, -0.2) is 29.1 Å². The molecule has 0 aromatic heterocycles. The minimum atomic E-state index is -0.540. The summed E-state index contributed by atoms with van der Waals surface area (Å²) in [4.78, 5) is 23.5. The van der Waals surface area contributed by atoms with Crippen molar-refractivity contribution in [2.45, 2.75) is 31.4 Å². The van der Waals surface area contributed by atoms with Gasteiger partial charge in [-0.1, -0.05) is 12.2 Å². The molecule has 5 heteroatoms. The maximum Gasteiger partial charge on any atom is 0.251 e. The molecule has 0 saturated carbocycles. The minimum absolute atomic E-state index is 0.0506. The first-order valence-corrected chi connectivity index (χ1v) is 6.70. The molecule has 104 valence electrons. The van der Waals surface area contributed by atoms with Gasteiger partial charge in [0.15, 0.2) is 0 Å². The van der Waals surface area contributed by atoms with E-state index < -0.39 is 6.10 Å². The number of rotatable bonds is 2. The van der Waals surface area contributed by atoms with Gasteiger partial charge in [0.05, 0.1) is 18.6 Å². The van der Waals surface area contributed by atoms with Crippen LogP contribution in [0.15, 0.2) is 30.4 Å². The lowest BCUT2D eigenvalue weighted by atomic mass is 9.98. The number of hydrogen-bond acceptors (Lipinski definition) is 3. The number of carbonyl (C=O) groups excluding carboxylic acids is 2. The molecule has 2 aliphatic rings. The molecule has 0 spiro atoms. The predicted octanol–water partition coefficient (Wildman–Crippen LogP) is 0.990. The summed E-state index contributed by atoms with van der Waals surface area (Å²) in [5.41, 5.74) is 2.13. The molecule has 1 aliphatic carbocycles. The summed E-state index contributed by atoms with van der Waals surface area (Å²) < 4.78 is 0. The largest absolute Gasteiger partial charge is 0.391 e. The molecule has 0 bridgehead atoms. The number of carbonyl (C=O) groups is 2. The van der Waals surface area contributed by atoms with Crippen LogP contribution in [0.4, 0.5) is 5.69 Å². The number of amides is 2. The Morgan fingerprint density at radius 3 is 2.90 bits per heavy atom. The van der Waals surface area contributed by atoms with Crippen molar-refractivity contribution in [3.8, 4) is 0 Å². The van der Waals surface area contributed by atoms with Crippen LogP contribution >= 0.6 is 0 Å². The van der Waals surface area contributed by atoms with Crippen LogP contribution in [0, 0.1) is 0 Å². The summed E-state index contributed by atoms with van der Waals surface area (Å²) in [7, 11) is 0. The number of aliphatic hydroxyl groups excluding tert-OH is 1. The summed E-state index contributed by atoms with van der Waals surface area (Å²) in [5.74, 6) is -0.267. The quantitative estimate of drug-likeness (QED) is 0.703. The fraction of sp³-hybridized carbons (Fsp3) is 0.333. The molecule has 0 saturated heterocycles. The molecule has 20 heavy (non-hydrogen) atoms. The van der Waals surface area contributed by atoms with Crippen LogP contribution in [0.5, 0.6) is 0 Å². The van der Waals surface area contributed by atoms with Crippen LogP contribution < -0.4 is 10.6 Å². The Labute approximate surface area is 116 Å². The van der Waals surface area contributed by atoms with E-state index in [0.29, 0.717) is 24.8 Å². The number of anilines is 1. The second-order valence-corrected chi connectivity index (χ2v) is 5.19. The van der Waals surface area contributed by atoms with Crippen LogP contribution in [0.25, 0.3) is 0 Å². The van der Waals surface area contributed by atoms with Crippen LogP contribution in [0.1, 0.15) is 28.8 Å². The molecule has 0 radical (unpaired) electrons. The Bertz CT molecular complexity index is 595. The Hall–Kier alpha value is -2.14. The number of fused-ring (bicyclic) bond motifs is 1. The van der Waals surface area contributed by atoms with Crippen molar-refractivity contribution in [2.75, 3.05) is 5.32 Å². The molecule has 1 aromatic rings. The van der Waals surface area contributed by atoms with Gasteiger partial charge in [0.1, 0.15) is 0 Å². The van der Waals surface area contributed by atoms with E-state index in [0.717, 1.165) is 11.3 Å². The normalized spacial score (nSPS) is 24.1. The fourth-order valence-corrected chi connectivity index (χ4v) is 2.58. The van der Waals surface area contributed by atoms with Gasteiger partial charge in [-0.2, -0.15) is 0 Å². The molecule has 5 nitrogen and oxygen atoms in total. The highest BCUT2D eigenvalue weighted by atomic mass is 16.3. The van der Waals surface area contributed by atoms with E-state index in [4.69, 9.17) is 0 Å². The Morgan fingerprint density at radius 2 is 2.10 bits per heavy atom. The monoisotopic (exact) mass is 272 g/mol. The molecular weight excluding hydrogens is 256 g/mol. The standard InChI is InChI=1S/C15H16N2O3/c18-13-4-2-1-3-12(13)17-15(20)9-5-6-11-10(7-9)8-14(19)16-11/h1-2,5-7,12-13,18H,3-4,8H2,(H,16,19)(H,17,20)/t12?,13-/m1/s1. The van der Waals surface area contributed by atoms with Gasteiger partial charge in [0.2, 0.25) is 5.91 Å². The molecule has 3 rings (SSSR count). The number of aliphatic hydroxyl groups is 1. The van der Waals surface area contributed by atoms with Crippen LogP contribution in [0.3, 0.4) is 0 Å². The SMILES string of the molecule is O=C1Cc2cc(C(=O)NC3CC=CC[C@H]3O)ccc2N1. The van der Waals surface area contributed by atoms with Crippen LogP contribution in [-0.2, 0) is 11.2 Å². The van der Waals surface area contributed by atoms with Gasteiger partial charge in [-0.3, -0.25) is 9.59 Å². The van der Waals surface area contributed by atoms with Crippen molar-refractivity contribution < 1.29 is 14.7 Å². The zero-order valence-corrected chi connectivity index (χ0v) is 10.9. The summed E-state index contributed by atoms with van der Waals surface area (Å²) in [6, 6.07) is 4.91. The van der Waals surface area contributed by atoms with Crippen molar-refractivity contribution in [2.24, 2.45) is 0 Å². The molecule has 1 heterocycles. The number of benzene rings is 1. The molecule has 1 aromatic carbocycles. The first-order chi connectivity index (χ1) is 9.63. The summed E-state index contributed by atoms with van der Waals surface area (Å²) in [5, 5.41) is 15.4. The first kappa shape index (κ1) is 12.9. The summed E-state index contributed by atoms with van der Waals surface area (Å²) in [6.07, 6.45) is 4.85. The highest BCUT2D eigenvalue weighted by Gasteiger charge is 2.24. The third-order valence-electron chi connectivity index (χ3n) is 3.71. The smallest absolute Gasteiger partial charge is 0.251 e. The molecule has 3 N–H and O–H groups in total. The van der Waals surface area contributed by atoms with E-state index in [-0.39, 0.29) is 17.9 Å². The van der Waals surface area contributed by atoms with E-state index in [1.807, 2.05) is 12.2 Å². The van der Waals surface area contributed by atoms with Gasteiger partial charge in [0, 0.05) is 11.3 Å². The highest BCUT2D eigenvalue weighted by molar-refractivity contribution is 6.01. The lowest BCUT2D eigenvalue weighted by molar-refractivity contribution is -0.115. The second kappa shape index (κ2) is 5.09. The fourth-order valence-electron chi connectivity index (χ4n) is 2.58. The molecule has 2 atom stereocenters. The van der Waals surface area contributed by atoms with Gasteiger partial charge in [0.25, 0.3) is 5.91 Å². The molecule has 1 unspecified atom stereocenters.